The van der Waals surface area contributed by atoms with E-state index in [2.05, 4.69) is 18.1 Å². The predicted octanol–water partition coefficient (Wildman–Crippen LogP) is 6.65. The first kappa shape index (κ1) is 31.6. The zero-order chi connectivity index (χ0) is 33.9. The van der Waals surface area contributed by atoms with Crippen molar-refractivity contribution in [3.05, 3.63) is 89.7 Å². The van der Waals surface area contributed by atoms with Crippen LogP contribution in [0.1, 0.15) is 42.9 Å². The fourth-order valence-electron chi connectivity index (χ4n) is 6.68. The van der Waals surface area contributed by atoms with Crippen LogP contribution in [-0.2, 0) is 11.2 Å². The normalized spacial score (nSPS) is 17.4. The molecule has 246 valence electrons. The zero-order valence-corrected chi connectivity index (χ0v) is 27.7. The van der Waals surface area contributed by atoms with Crippen molar-refractivity contribution >= 4 is 33.0 Å². The van der Waals surface area contributed by atoms with Crippen LogP contribution in [0.5, 0.6) is 5.75 Å². The number of amides is 1. The summed E-state index contributed by atoms with van der Waals surface area (Å²) in [5.74, 6) is -1.89. The molecule has 0 aliphatic carbocycles. The number of likely N-dealkylation sites (N-methyl/N-ethyl adjacent to an activating group) is 1. The second-order valence-corrected chi connectivity index (χ2v) is 13.1. The number of benzene rings is 1. The molecule has 0 saturated heterocycles. The highest BCUT2D eigenvalue weighted by Gasteiger charge is 2.34. The Balaban J connectivity index is 1.52. The Morgan fingerprint density at radius 2 is 2.00 bits per heavy atom. The molecule has 5 aromatic rings. The molecule has 0 unspecified atom stereocenters. The summed E-state index contributed by atoms with van der Waals surface area (Å²) in [5, 5.41) is 17.2. The summed E-state index contributed by atoms with van der Waals surface area (Å²) >= 11 is 1.39. The van der Waals surface area contributed by atoms with Crippen LogP contribution < -0.4 is 4.74 Å². The molecule has 7 rings (SSSR count). The quantitative estimate of drug-likeness (QED) is 0.194. The molecule has 0 bridgehead atoms. The summed E-state index contributed by atoms with van der Waals surface area (Å²) in [6, 6.07) is 7.28. The molecule has 6 heterocycles. The topological polar surface area (TPSA) is 96.6 Å². The van der Waals surface area contributed by atoms with Gasteiger partial charge in [-0.05, 0) is 43.5 Å². The van der Waals surface area contributed by atoms with Crippen molar-refractivity contribution < 1.29 is 23.4 Å². The van der Waals surface area contributed by atoms with Crippen molar-refractivity contribution in [3.63, 3.8) is 0 Å². The number of hydrogen-bond donors (Lipinski definition) is 1. The van der Waals surface area contributed by atoms with Crippen LogP contribution in [0.2, 0.25) is 0 Å². The lowest BCUT2D eigenvalue weighted by molar-refractivity contribution is -0.129. The minimum atomic E-state index is -0.836. The van der Waals surface area contributed by atoms with E-state index in [0.717, 1.165) is 58.7 Å². The Bertz CT molecular complexity index is 2120. The molecule has 48 heavy (non-hydrogen) atoms. The van der Waals surface area contributed by atoms with Gasteiger partial charge in [0.25, 0.3) is 0 Å². The molecule has 2 atom stereocenters. The number of carbonyl (C=O) groups excluding carboxylic acids is 1. The maximum Gasteiger partial charge on any atom is 0.246 e. The Hall–Kier alpha value is -4.94. The third-order valence-electron chi connectivity index (χ3n) is 9.16. The first-order chi connectivity index (χ1) is 23.1. The Morgan fingerprint density at radius 3 is 2.77 bits per heavy atom. The highest BCUT2D eigenvalue weighted by molar-refractivity contribution is 7.18. The molecule has 2 aliphatic rings. The number of ether oxygens (including phenoxy) is 1. The molecule has 4 aromatic heterocycles. The molecular formula is C36H34F2N6O3S. The highest BCUT2D eigenvalue weighted by Crippen LogP contribution is 2.48. The molecule has 0 saturated carbocycles. The van der Waals surface area contributed by atoms with Crippen LogP contribution >= 0.6 is 11.3 Å². The number of nitrogens with zero attached hydrogens (tertiary/aromatic N) is 6. The van der Waals surface area contributed by atoms with E-state index in [0.29, 0.717) is 33.9 Å². The molecule has 0 radical (unpaired) electrons. The molecule has 1 aromatic carbocycles. The van der Waals surface area contributed by atoms with Crippen LogP contribution in [-0.4, -0.2) is 73.9 Å². The maximum absolute atomic E-state index is 16.1. The predicted molar refractivity (Wildman–Crippen MR) is 182 cm³/mol. The van der Waals surface area contributed by atoms with Gasteiger partial charge in [-0.2, -0.15) is 5.10 Å². The monoisotopic (exact) mass is 668 g/mol. The molecule has 12 heteroatoms. The van der Waals surface area contributed by atoms with Gasteiger partial charge in [-0.3, -0.25) is 14.5 Å². The van der Waals surface area contributed by atoms with Crippen LogP contribution in [0, 0.1) is 11.6 Å². The summed E-state index contributed by atoms with van der Waals surface area (Å²) in [6.45, 7) is 12.6. The molecule has 0 fully saturated rings. The second kappa shape index (κ2) is 12.3. The minimum absolute atomic E-state index is 0.0143. The van der Waals surface area contributed by atoms with Crippen LogP contribution in [0.15, 0.2) is 61.1 Å². The van der Waals surface area contributed by atoms with Crippen molar-refractivity contribution in [2.45, 2.75) is 32.4 Å². The Kier molecular flexibility index (Phi) is 8.08. The molecule has 9 nitrogen and oxygen atoms in total. The van der Waals surface area contributed by atoms with Gasteiger partial charge in [0.15, 0.2) is 0 Å². The van der Waals surface area contributed by atoms with E-state index in [-0.39, 0.29) is 42.5 Å². The van der Waals surface area contributed by atoms with Gasteiger partial charge in [-0.25, -0.2) is 13.8 Å². The van der Waals surface area contributed by atoms with Gasteiger partial charge in [-0.1, -0.05) is 13.2 Å². The van der Waals surface area contributed by atoms with Crippen molar-refractivity contribution in [1.82, 2.24) is 29.5 Å². The largest absolute Gasteiger partial charge is 0.490 e. The van der Waals surface area contributed by atoms with E-state index >= 15 is 4.39 Å². The molecule has 0 spiro atoms. The average Bonchev–Trinajstić information content (AvgIpc) is 3.75. The zero-order valence-electron chi connectivity index (χ0n) is 26.8. The van der Waals surface area contributed by atoms with E-state index in [4.69, 9.17) is 19.8 Å². The number of aromatic nitrogens is 4. The number of rotatable bonds is 7. The minimum Gasteiger partial charge on any atom is -0.490 e. The number of hydrogen-bond acceptors (Lipinski definition) is 8. The Morgan fingerprint density at radius 1 is 1.19 bits per heavy atom. The molecular weight excluding hydrogens is 634 g/mol. The summed E-state index contributed by atoms with van der Waals surface area (Å²) in [7, 11) is 2.00. The van der Waals surface area contributed by atoms with E-state index in [1.807, 2.05) is 49.2 Å². The van der Waals surface area contributed by atoms with Crippen molar-refractivity contribution in [3.8, 4) is 39.5 Å². The number of fused-ring (bicyclic) bond motifs is 3. The lowest BCUT2D eigenvalue weighted by Crippen LogP contribution is -2.42. The SMILES string of the molecule is C=CC(=O)N1C[C@H](C)n2nc(-c3nc(-c4cnc5c(c4)C(=C)N(C)CC5)c4ccsc4c3-c3c(F)cc(F)cc3OCCO)cc2[C@H]1C. The van der Waals surface area contributed by atoms with Gasteiger partial charge >= 0.3 is 0 Å². The molecule has 2 aliphatic heterocycles. The summed E-state index contributed by atoms with van der Waals surface area (Å²) in [5.41, 5.74) is 6.14. The van der Waals surface area contributed by atoms with Crippen LogP contribution in [0.25, 0.3) is 49.6 Å². The van der Waals surface area contributed by atoms with Crippen LogP contribution in [0.3, 0.4) is 0 Å². The summed E-state index contributed by atoms with van der Waals surface area (Å²) in [4.78, 5) is 26.6. The van der Waals surface area contributed by atoms with Gasteiger partial charge in [0.2, 0.25) is 5.91 Å². The van der Waals surface area contributed by atoms with Crippen molar-refractivity contribution in [2.24, 2.45) is 0 Å². The van der Waals surface area contributed by atoms with Gasteiger partial charge in [0.05, 0.1) is 41.3 Å². The highest BCUT2D eigenvalue weighted by atomic mass is 32.1. The third-order valence-corrected chi connectivity index (χ3v) is 10.1. The number of pyridine rings is 2. The smallest absolute Gasteiger partial charge is 0.246 e. The standard InChI is InChI=1S/C36H34F2N6O3S/c1-6-31(46)43-18-19(2)44-29(21(43)4)16-28(41-44)35-33(32-26(38)14-23(37)15-30(32)47-11-10-45)36-24(8-12-48-36)34(40-35)22-13-25-20(3)42(5)9-7-27(25)39-17-22/h6,8,12-17,19,21,45H,1,3,7,9-11,18H2,2,4-5H3/t19-,21+/m0/s1. The van der Waals surface area contributed by atoms with E-state index in [9.17, 15) is 14.3 Å². The van der Waals surface area contributed by atoms with E-state index in [1.165, 1.54) is 17.4 Å². The number of aliphatic hydroxyl groups is 1. The van der Waals surface area contributed by atoms with E-state index < -0.39 is 11.6 Å². The van der Waals surface area contributed by atoms with Crippen molar-refractivity contribution in [2.75, 3.05) is 33.4 Å². The number of halogens is 2. The molecule has 1 N–H and O–H groups in total. The summed E-state index contributed by atoms with van der Waals surface area (Å²) in [6.07, 6.45) is 3.89. The first-order valence-corrected chi connectivity index (χ1v) is 16.6. The first-order valence-electron chi connectivity index (χ1n) is 15.7. The lowest BCUT2D eigenvalue weighted by atomic mass is 9.95. The summed E-state index contributed by atoms with van der Waals surface area (Å²) < 4.78 is 39.0. The lowest BCUT2D eigenvalue weighted by Gasteiger charge is -2.36. The fraction of sp³-hybridized carbons (Fsp3) is 0.278. The third kappa shape index (κ3) is 5.15. The van der Waals surface area contributed by atoms with Crippen molar-refractivity contribution in [1.29, 1.82) is 0 Å². The second-order valence-electron chi connectivity index (χ2n) is 12.1. The maximum atomic E-state index is 16.1. The van der Waals surface area contributed by atoms with Crippen LogP contribution in [0.4, 0.5) is 8.78 Å². The Labute approximate surface area is 280 Å². The number of carbonyl (C=O) groups is 1. The van der Waals surface area contributed by atoms with Gasteiger partial charge in [0.1, 0.15) is 35.4 Å². The fourth-order valence-corrected chi connectivity index (χ4v) is 7.63. The molecule has 1 amide bonds. The van der Waals surface area contributed by atoms with Gasteiger partial charge in [0, 0.05) is 77.4 Å². The number of aliphatic hydroxyl groups excluding tert-OH is 1. The average molecular weight is 669 g/mol. The van der Waals surface area contributed by atoms with Gasteiger partial charge < -0.3 is 19.6 Å². The number of thiophene rings is 1. The van der Waals surface area contributed by atoms with E-state index in [1.54, 1.807) is 11.1 Å². The van der Waals surface area contributed by atoms with Gasteiger partial charge in [-0.15, -0.1) is 11.3 Å².